The van der Waals surface area contributed by atoms with Crippen LogP contribution in [0, 0.1) is 0 Å². The molecule has 10 heteroatoms. The standard InChI is InChI=1S/C21H21N3O4S3/c1-12(25)24-31(26,27)14-10-8-13(9-11-14)22-20-17-15-6-5-7-16(28-4)18(15)23-21(2,3)19(17)29-30-20/h5-11,23H,1-4H3,(H,24,25). The predicted octanol–water partition coefficient (Wildman–Crippen LogP) is 4.20. The van der Waals surface area contributed by atoms with E-state index in [-0.39, 0.29) is 10.4 Å². The highest BCUT2D eigenvalue weighted by Gasteiger charge is 2.35. The molecule has 0 unspecified atom stereocenters. The Bertz CT molecular complexity index is 1340. The molecule has 0 aliphatic carbocycles. The molecule has 2 aromatic carbocycles. The van der Waals surface area contributed by atoms with Crippen LogP contribution in [0.3, 0.4) is 0 Å². The summed E-state index contributed by atoms with van der Waals surface area (Å²) in [5.41, 5.74) is 3.35. The molecule has 0 atom stereocenters. The Morgan fingerprint density at radius 1 is 1.13 bits per heavy atom. The number of amides is 1. The van der Waals surface area contributed by atoms with E-state index in [2.05, 4.69) is 19.2 Å². The highest BCUT2D eigenvalue weighted by Crippen LogP contribution is 2.48. The first-order valence-electron chi connectivity index (χ1n) is 9.40. The zero-order valence-corrected chi connectivity index (χ0v) is 19.8. The summed E-state index contributed by atoms with van der Waals surface area (Å²) >= 11 is 0. The van der Waals surface area contributed by atoms with Crippen molar-refractivity contribution in [1.29, 1.82) is 0 Å². The minimum absolute atomic E-state index is 0.0121. The van der Waals surface area contributed by atoms with Gasteiger partial charge in [0.1, 0.15) is 10.4 Å². The van der Waals surface area contributed by atoms with E-state index in [4.69, 9.17) is 9.73 Å². The summed E-state index contributed by atoms with van der Waals surface area (Å²) < 4.78 is 32.7. The van der Waals surface area contributed by atoms with Gasteiger partial charge in [-0.15, -0.1) is 0 Å². The van der Waals surface area contributed by atoms with E-state index in [0.717, 1.165) is 34.2 Å². The van der Waals surface area contributed by atoms with Crippen molar-refractivity contribution < 1.29 is 17.9 Å². The van der Waals surface area contributed by atoms with Crippen LogP contribution in [0.5, 0.6) is 5.75 Å². The van der Waals surface area contributed by atoms with Crippen LogP contribution in [0.25, 0.3) is 11.1 Å². The fourth-order valence-electron chi connectivity index (χ4n) is 3.46. The Kier molecular flexibility index (Phi) is 5.40. The van der Waals surface area contributed by atoms with Gasteiger partial charge in [0.2, 0.25) is 5.91 Å². The summed E-state index contributed by atoms with van der Waals surface area (Å²) in [5, 5.41) is 3.58. The Labute approximate surface area is 187 Å². The van der Waals surface area contributed by atoms with Gasteiger partial charge in [-0.25, -0.2) is 18.1 Å². The van der Waals surface area contributed by atoms with E-state index in [1.165, 1.54) is 17.0 Å². The molecule has 2 heterocycles. The van der Waals surface area contributed by atoms with Crippen LogP contribution >= 0.6 is 20.7 Å². The maximum Gasteiger partial charge on any atom is 0.264 e. The molecule has 162 valence electrons. The van der Waals surface area contributed by atoms with Crippen LogP contribution in [-0.2, 0) is 20.4 Å². The SMILES string of the molecule is COc1cccc2c1NC(C)(C)c1ssc(=Nc3ccc(S(=O)(=O)NC(C)=O)cc3)c1-2. The van der Waals surface area contributed by atoms with Gasteiger partial charge in [0, 0.05) is 18.1 Å². The second kappa shape index (κ2) is 7.77. The van der Waals surface area contributed by atoms with E-state index in [1.807, 2.05) is 22.9 Å². The Balaban J connectivity index is 1.82. The van der Waals surface area contributed by atoms with Gasteiger partial charge in [0.15, 0.2) is 0 Å². The number of sulfonamides is 1. The van der Waals surface area contributed by atoms with Crippen molar-refractivity contribution in [2.75, 3.05) is 12.4 Å². The first-order chi connectivity index (χ1) is 14.6. The van der Waals surface area contributed by atoms with Crippen LogP contribution in [0.4, 0.5) is 11.4 Å². The molecule has 7 nitrogen and oxygen atoms in total. The fraction of sp³-hybridized carbons (Fsp3) is 0.238. The molecule has 0 bridgehead atoms. The van der Waals surface area contributed by atoms with Crippen LogP contribution in [0.15, 0.2) is 52.4 Å². The van der Waals surface area contributed by atoms with Crippen LogP contribution in [-0.4, -0.2) is 21.4 Å². The first-order valence-corrected chi connectivity index (χ1v) is 13.0. The molecular weight excluding hydrogens is 454 g/mol. The van der Waals surface area contributed by atoms with Gasteiger partial charge in [-0.1, -0.05) is 32.8 Å². The number of fused-ring (bicyclic) bond motifs is 3. The number of rotatable bonds is 4. The number of benzene rings is 2. The summed E-state index contributed by atoms with van der Waals surface area (Å²) in [4.78, 5) is 17.1. The van der Waals surface area contributed by atoms with Gasteiger partial charge in [-0.3, -0.25) is 4.79 Å². The van der Waals surface area contributed by atoms with Crippen molar-refractivity contribution in [3.8, 4) is 16.9 Å². The topological polar surface area (TPSA) is 96.9 Å². The third kappa shape index (κ3) is 3.98. The van der Waals surface area contributed by atoms with Crippen molar-refractivity contribution >= 4 is 48.0 Å². The molecule has 0 saturated carbocycles. The molecule has 0 spiro atoms. The second-order valence-electron chi connectivity index (χ2n) is 7.58. The molecule has 3 aromatic rings. The average Bonchev–Trinajstić information content (AvgIpc) is 3.12. The monoisotopic (exact) mass is 475 g/mol. The van der Waals surface area contributed by atoms with Gasteiger partial charge < -0.3 is 10.1 Å². The maximum absolute atomic E-state index is 12.2. The quantitative estimate of drug-likeness (QED) is 0.551. The minimum atomic E-state index is -3.87. The van der Waals surface area contributed by atoms with Crippen molar-refractivity contribution in [1.82, 2.24) is 4.72 Å². The average molecular weight is 476 g/mol. The van der Waals surface area contributed by atoms with Gasteiger partial charge in [-0.05, 0) is 44.2 Å². The van der Waals surface area contributed by atoms with Crippen molar-refractivity contribution in [2.45, 2.75) is 31.2 Å². The second-order valence-corrected chi connectivity index (χ2v) is 11.4. The Morgan fingerprint density at radius 3 is 2.48 bits per heavy atom. The molecule has 0 saturated heterocycles. The molecule has 1 aliphatic rings. The van der Waals surface area contributed by atoms with Crippen molar-refractivity contribution in [3.05, 3.63) is 52.0 Å². The van der Waals surface area contributed by atoms with Gasteiger partial charge >= 0.3 is 0 Å². The number of nitrogens with one attached hydrogen (secondary N) is 2. The van der Waals surface area contributed by atoms with Crippen LogP contribution < -0.4 is 19.4 Å². The predicted molar refractivity (Wildman–Crippen MR) is 124 cm³/mol. The lowest BCUT2D eigenvalue weighted by Gasteiger charge is -2.34. The molecule has 0 fully saturated rings. The Morgan fingerprint density at radius 2 is 1.84 bits per heavy atom. The van der Waals surface area contributed by atoms with Gasteiger partial charge in [0.25, 0.3) is 10.0 Å². The Hall–Kier alpha value is -2.69. The molecule has 0 radical (unpaired) electrons. The lowest BCUT2D eigenvalue weighted by atomic mass is 9.89. The summed E-state index contributed by atoms with van der Waals surface area (Å²) in [5.74, 6) is 0.136. The summed E-state index contributed by atoms with van der Waals surface area (Å²) in [6.07, 6.45) is 0. The number of para-hydroxylation sites is 1. The minimum Gasteiger partial charge on any atom is -0.495 e. The van der Waals surface area contributed by atoms with E-state index < -0.39 is 15.9 Å². The molecule has 1 aromatic heterocycles. The van der Waals surface area contributed by atoms with Crippen LogP contribution in [0.1, 0.15) is 25.6 Å². The zero-order valence-electron chi connectivity index (χ0n) is 17.3. The molecule has 4 rings (SSSR count). The maximum atomic E-state index is 12.2. The lowest BCUT2D eigenvalue weighted by molar-refractivity contribution is -0.117. The number of nitrogens with zero attached hydrogens (tertiary/aromatic N) is 1. The largest absolute Gasteiger partial charge is 0.495 e. The van der Waals surface area contributed by atoms with Crippen molar-refractivity contribution in [2.24, 2.45) is 4.99 Å². The normalized spacial score (nSPS) is 14.9. The molecule has 1 aliphatic heterocycles. The number of hydrogen-bond donors (Lipinski definition) is 2. The number of carbonyl (C=O) groups is 1. The molecular formula is C21H21N3O4S3. The molecule has 31 heavy (non-hydrogen) atoms. The van der Waals surface area contributed by atoms with E-state index >= 15 is 0 Å². The zero-order chi connectivity index (χ0) is 22.4. The fourth-order valence-corrected chi connectivity index (χ4v) is 7.39. The third-order valence-corrected chi connectivity index (χ3v) is 8.91. The van der Waals surface area contributed by atoms with E-state index in [0.29, 0.717) is 5.69 Å². The van der Waals surface area contributed by atoms with Crippen LogP contribution in [0.2, 0.25) is 0 Å². The number of hydrogen-bond acceptors (Lipinski definition) is 8. The summed E-state index contributed by atoms with van der Waals surface area (Å²) in [6, 6.07) is 12.1. The number of methoxy groups -OCH3 is 1. The van der Waals surface area contributed by atoms with Gasteiger partial charge in [0.05, 0.1) is 33.8 Å². The summed E-state index contributed by atoms with van der Waals surface area (Å²) in [6.45, 7) is 5.40. The summed E-state index contributed by atoms with van der Waals surface area (Å²) in [7, 11) is 1.02. The highest BCUT2D eigenvalue weighted by atomic mass is 32.9. The molecule has 1 amide bonds. The number of carbonyl (C=O) groups excluding carboxylic acids is 1. The number of anilines is 1. The smallest absolute Gasteiger partial charge is 0.264 e. The number of ether oxygens (including phenoxy) is 1. The lowest BCUT2D eigenvalue weighted by Crippen LogP contribution is -2.32. The molecule has 2 N–H and O–H groups in total. The first kappa shape index (κ1) is 21.5. The van der Waals surface area contributed by atoms with E-state index in [9.17, 15) is 13.2 Å². The highest BCUT2D eigenvalue weighted by molar-refractivity contribution is 7.90. The van der Waals surface area contributed by atoms with Crippen molar-refractivity contribution in [3.63, 3.8) is 0 Å². The van der Waals surface area contributed by atoms with E-state index in [1.54, 1.807) is 39.9 Å². The third-order valence-electron chi connectivity index (χ3n) is 4.82. The van der Waals surface area contributed by atoms with Gasteiger partial charge in [-0.2, -0.15) is 0 Å².